The normalized spacial score (nSPS) is 16.9. The Bertz CT molecular complexity index is 918. The molecule has 1 aliphatic carbocycles. The van der Waals surface area contributed by atoms with E-state index in [-0.39, 0.29) is 5.91 Å². The standard InChI is InChI=1S/C25H36N6O/c1-4-12-26-24-22(19-8-9-19)17-27-25(29-24)28-20-7-5-6-18(15-20)16-23(32)31-13-10-21(11-14-31)30(2)3/h5-7,15,17,19,21H,4,8-14,16H2,1-3H3,(H2,26,27,28,29). The summed E-state index contributed by atoms with van der Waals surface area (Å²) in [5.74, 6) is 2.33. The van der Waals surface area contributed by atoms with E-state index in [2.05, 4.69) is 41.5 Å². The van der Waals surface area contributed by atoms with Crippen LogP contribution in [0, 0.1) is 0 Å². The van der Waals surface area contributed by atoms with Crippen molar-refractivity contribution in [3.63, 3.8) is 0 Å². The molecule has 1 aromatic carbocycles. The monoisotopic (exact) mass is 436 g/mol. The summed E-state index contributed by atoms with van der Waals surface area (Å²) in [5.41, 5.74) is 3.14. The van der Waals surface area contributed by atoms with Crippen molar-refractivity contribution >= 4 is 23.4 Å². The molecule has 1 saturated heterocycles. The van der Waals surface area contributed by atoms with Crippen LogP contribution in [0.25, 0.3) is 0 Å². The molecule has 1 saturated carbocycles. The van der Waals surface area contributed by atoms with Gasteiger partial charge in [-0.2, -0.15) is 4.98 Å². The van der Waals surface area contributed by atoms with E-state index >= 15 is 0 Å². The number of carbonyl (C=O) groups is 1. The molecule has 0 unspecified atom stereocenters. The number of amides is 1. The third-order valence-electron chi connectivity index (χ3n) is 6.46. The Morgan fingerprint density at radius 1 is 1.19 bits per heavy atom. The van der Waals surface area contributed by atoms with E-state index in [1.54, 1.807) is 0 Å². The third kappa shape index (κ3) is 5.76. The predicted octanol–water partition coefficient (Wildman–Crippen LogP) is 4.01. The van der Waals surface area contributed by atoms with Gasteiger partial charge in [0.2, 0.25) is 11.9 Å². The minimum absolute atomic E-state index is 0.204. The molecular formula is C25H36N6O. The number of hydrogen-bond donors (Lipinski definition) is 2. The summed E-state index contributed by atoms with van der Waals surface area (Å²) in [6.45, 7) is 4.74. The van der Waals surface area contributed by atoms with Crippen molar-refractivity contribution in [3.8, 4) is 0 Å². The first-order valence-corrected chi connectivity index (χ1v) is 11.9. The Hall–Kier alpha value is -2.67. The van der Waals surface area contributed by atoms with Gasteiger partial charge in [0.1, 0.15) is 5.82 Å². The van der Waals surface area contributed by atoms with E-state index < -0.39 is 0 Å². The Morgan fingerprint density at radius 2 is 1.97 bits per heavy atom. The first-order valence-electron chi connectivity index (χ1n) is 11.9. The number of hydrogen-bond acceptors (Lipinski definition) is 6. The third-order valence-corrected chi connectivity index (χ3v) is 6.46. The van der Waals surface area contributed by atoms with Crippen LogP contribution in [0.4, 0.5) is 17.5 Å². The molecule has 2 fully saturated rings. The highest BCUT2D eigenvalue weighted by Crippen LogP contribution is 2.42. The molecule has 2 aliphatic rings. The Balaban J connectivity index is 1.38. The molecule has 0 atom stereocenters. The van der Waals surface area contributed by atoms with Crippen molar-refractivity contribution in [1.82, 2.24) is 19.8 Å². The van der Waals surface area contributed by atoms with Gasteiger partial charge in [-0.05, 0) is 69.8 Å². The number of anilines is 3. The highest BCUT2D eigenvalue weighted by molar-refractivity contribution is 5.79. The maximum Gasteiger partial charge on any atom is 0.229 e. The van der Waals surface area contributed by atoms with Gasteiger partial charge in [0.15, 0.2) is 0 Å². The Morgan fingerprint density at radius 3 is 2.66 bits per heavy atom. The highest BCUT2D eigenvalue weighted by Gasteiger charge is 2.27. The molecule has 172 valence electrons. The van der Waals surface area contributed by atoms with Crippen molar-refractivity contribution in [3.05, 3.63) is 41.6 Å². The number of aromatic nitrogens is 2. The Kier molecular flexibility index (Phi) is 7.25. The zero-order chi connectivity index (χ0) is 22.5. The van der Waals surface area contributed by atoms with Gasteiger partial charge in [-0.3, -0.25) is 4.79 Å². The summed E-state index contributed by atoms with van der Waals surface area (Å²) in [4.78, 5) is 26.4. The molecule has 0 spiro atoms. The van der Waals surface area contributed by atoms with Gasteiger partial charge in [-0.1, -0.05) is 19.1 Å². The molecule has 7 nitrogen and oxygen atoms in total. The number of rotatable bonds is 9. The van der Waals surface area contributed by atoms with Gasteiger partial charge in [0.25, 0.3) is 0 Å². The summed E-state index contributed by atoms with van der Waals surface area (Å²) >= 11 is 0. The molecule has 4 rings (SSSR count). The zero-order valence-electron chi connectivity index (χ0n) is 19.6. The summed E-state index contributed by atoms with van der Waals surface area (Å²) in [6, 6.07) is 8.60. The van der Waals surface area contributed by atoms with Crippen molar-refractivity contribution in [2.45, 2.75) is 57.4 Å². The van der Waals surface area contributed by atoms with Gasteiger partial charge < -0.3 is 20.4 Å². The summed E-state index contributed by atoms with van der Waals surface area (Å²) in [6.07, 6.45) is 7.97. The lowest BCUT2D eigenvalue weighted by Crippen LogP contribution is -2.44. The second-order valence-corrected chi connectivity index (χ2v) is 9.28. The van der Waals surface area contributed by atoms with E-state index in [1.165, 1.54) is 18.4 Å². The van der Waals surface area contributed by atoms with Gasteiger partial charge >= 0.3 is 0 Å². The number of piperidine rings is 1. The van der Waals surface area contributed by atoms with E-state index in [0.29, 0.717) is 24.3 Å². The van der Waals surface area contributed by atoms with Gasteiger partial charge in [-0.15, -0.1) is 0 Å². The lowest BCUT2D eigenvalue weighted by atomic mass is 10.0. The number of likely N-dealkylation sites (tertiary alicyclic amines) is 1. The average molecular weight is 437 g/mol. The molecular weight excluding hydrogens is 400 g/mol. The molecule has 32 heavy (non-hydrogen) atoms. The van der Waals surface area contributed by atoms with Gasteiger partial charge in [0.05, 0.1) is 6.42 Å². The lowest BCUT2D eigenvalue weighted by Gasteiger charge is -2.35. The van der Waals surface area contributed by atoms with Crippen molar-refractivity contribution in [1.29, 1.82) is 0 Å². The van der Waals surface area contributed by atoms with Crippen LogP contribution >= 0.6 is 0 Å². The molecule has 2 heterocycles. The quantitative estimate of drug-likeness (QED) is 0.619. The molecule has 1 aromatic heterocycles. The minimum Gasteiger partial charge on any atom is -0.370 e. The molecule has 0 radical (unpaired) electrons. The first-order chi connectivity index (χ1) is 15.5. The number of benzene rings is 1. The fourth-order valence-corrected chi connectivity index (χ4v) is 4.34. The lowest BCUT2D eigenvalue weighted by molar-refractivity contribution is -0.131. The smallest absolute Gasteiger partial charge is 0.229 e. The second kappa shape index (κ2) is 10.3. The SMILES string of the molecule is CCCNc1nc(Nc2cccc(CC(=O)N3CCC(N(C)C)CC3)c2)ncc1C1CC1. The van der Waals surface area contributed by atoms with E-state index in [9.17, 15) is 4.79 Å². The van der Waals surface area contributed by atoms with E-state index in [1.807, 2.05) is 35.4 Å². The van der Waals surface area contributed by atoms with E-state index in [4.69, 9.17) is 4.98 Å². The molecule has 2 N–H and O–H groups in total. The molecule has 7 heteroatoms. The maximum atomic E-state index is 12.8. The highest BCUT2D eigenvalue weighted by atomic mass is 16.2. The van der Waals surface area contributed by atoms with E-state index in [0.717, 1.165) is 56.0 Å². The van der Waals surface area contributed by atoms with Crippen LogP contribution in [0.1, 0.15) is 56.1 Å². The summed E-state index contributed by atoms with van der Waals surface area (Å²) in [5, 5.41) is 6.78. The molecule has 2 aromatic rings. The summed E-state index contributed by atoms with van der Waals surface area (Å²) < 4.78 is 0. The minimum atomic E-state index is 0.204. The zero-order valence-corrected chi connectivity index (χ0v) is 19.6. The number of nitrogens with one attached hydrogen (secondary N) is 2. The van der Waals surface area contributed by atoms with Gasteiger partial charge in [-0.25, -0.2) is 4.98 Å². The van der Waals surface area contributed by atoms with Crippen molar-refractivity contribution in [2.24, 2.45) is 0 Å². The predicted molar refractivity (Wildman–Crippen MR) is 130 cm³/mol. The van der Waals surface area contributed by atoms with Crippen molar-refractivity contribution in [2.75, 3.05) is 44.4 Å². The van der Waals surface area contributed by atoms with Crippen LogP contribution in [-0.4, -0.2) is 65.4 Å². The first kappa shape index (κ1) is 22.5. The Labute approximate surface area is 191 Å². The molecule has 1 amide bonds. The van der Waals surface area contributed by atoms with Crippen molar-refractivity contribution < 1.29 is 4.79 Å². The van der Waals surface area contributed by atoms with Gasteiger partial charge in [0, 0.05) is 43.1 Å². The topological polar surface area (TPSA) is 73.4 Å². The fourth-order valence-electron chi connectivity index (χ4n) is 4.34. The number of nitrogens with zero attached hydrogens (tertiary/aromatic N) is 4. The average Bonchev–Trinajstić information content (AvgIpc) is 3.63. The number of carbonyl (C=O) groups excluding carboxylic acids is 1. The van der Waals surface area contributed by atoms with Crippen LogP contribution in [0.5, 0.6) is 0 Å². The largest absolute Gasteiger partial charge is 0.370 e. The van der Waals surface area contributed by atoms with Crippen LogP contribution in [-0.2, 0) is 11.2 Å². The van der Waals surface area contributed by atoms with Crippen LogP contribution in [0.2, 0.25) is 0 Å². The van der Waals surface area contributed by atoms with Crippen LogP contribution < -0.4 is 10.6 Å². The second-order valence-electron chi connectivity index (χ2n) is 9.28. The summed E-state index contributed by atoms with van der Waals surface area (Å²) in [7, 11) is 4.24. The maximum absolute atomic E-state index is 12.8. The molecule has 1 aliphatic heterocycles. The van der Waals surface area contributed by atoms with Crippen LogP contribution in [0.3, 0.4) is 0 Å². The fraction of sp³-hybridized carbons (Fsp3) is 0.560. The van der Waals surface area contributed by atoms with Crippen LogP contribution in [0.15, 0.2) is 30.5 Å². The molecule has 0 bridgehead atoms.